The fourth-order valence-electron chi connectivity index (χ4n) is 2.54. The van der Waals surface area contributed by atoms with Crippen LogP contribution in [0.4, 0.5) is 5.00 Å². The third-order valence-electron chi connectivity index (χ3n) is 3.88. The van der Waals surface area contributed by atoms with Crippen molar-refractivity contribution in [3.05, 3.63) is 23.0 Å². The van der Waals surface area contributed by atoms with Crippen molar-refractivity contribution < 1.29 is 13.9 Å². The van der Waals surface area contributed by atoms with Crippen LogP contribution in [0.2, 0.25) is 0 Å². The van der Waals surface area contributed by atoms with Crippen molar-refractivity contribution in [3.8, 4) is 0 Å². The third-order valence-corrected chi connectivity index (χ3v) is 4.84. The lowest BCUT2D eigenvalue weighted by molar-refractivity contribution is -0.0351. The van der Waals surface area contributed by atoms with E-state index in [4.69, 9.17) is 9.15 Å². The van der Waals surface area contributed by atoms with Gasteiger partial charge in [0, 0.05) is 19.5 Å². The highest BCUT2D eigenvalue weighted by molar-refractivity contribution is 7.10. The van der Waals surface area contributed by atoms with Crippen LogP contribution in [0.1, 0.15) is 53.7 Å². The first-order chi connectivity index (χ1) is 11.5. The number of nitrogens with one attached hydrogen (secondary N) is 1. The normalized spacial score (nSPS) is 18.2. The number of nitrogens with zero attached hydrogens (tertiary/aromatic N) is 4. The van der Waals surface area contributed by atoms with Crippen LogP contribution in [0.15, 0.2) is 4.42 Å². The molecule has 9 heteroatoms. The molecule has 0 radical (unpaired) electrons. The van der Waals surface area contributed by atoms with E-state index in [-0.39, 0.29) is 11.8 Å². The molecule has 3 rings (SSSR count). The highest BCUT2D eigenvalue weighted by atomic mass is 32.1. The summed E-state index contributed by atoms with van der Waals surface area (Å²) in [5, 5.41) is 11.9. The van der Waals surface area contributed by atoms with Gasteiger partial charge in [0.2, 0.25) is 11.8 Å². The molecule has 0 bridgehead atoms. The number of aryl methyl sites for hydroxylation is 1. The van der Waals surface area contributed by atoms with Crippen molar-refractivity contribution in [2.75, 3.05) is 32.1 Å². The lowest BCUT2D eigenvalue weighted by Gasteiger charge is -2.31. The molecule has 0 unspecified atom stereocenters. The second kappa shape index (κ2) is 6.86. The number of morpholine rings is 1. The molecule has 1 aliphatic rings. The molecule has 3 heterocycles. The number of ether oxygens (including phenoxy) is 1. The Balaban J connectivity index is 1.77. The number of carbonyl (C=O) groups is 1. The predicted octanol–water partition coefficient (Wildman–Crippen LogP) is 2.21. The fourth-order valence-corrected chi connectivity index (χ4v) is 3.28. The van der Waals surface area contributed by atoms with E-state index in [0.717, 1.165) is 10.7 Å². The van der Waals surface area contributed by atoms with Gasteiger partial charge >= 0.3 is 0 Å². The second-order valence-corrected chi connectivity index (χ2v) is 6.74. The lowest BCUT2D eigenvalue weighted by atomic mass is 10.2. The SMILES string of the molecule is CNc1snc(C)c1C(=O)N1CCO[C@H](c2nnc(C(C)C)o2)C1. The number of rotatable bonds is 4. The Kier molecular flexibility index (Phi) is 4.81. The molecular weight excluding hydrogens is 330 g/mol. The summed E-state index contributed by atoms with van der Waals surface area (Å²) in [7, 11) is 1.79. The number of amides is 1. The predicted molar refractivity (Wildman–Crippen MR) is 89.4 cm³/mol. The van der Waals surface area contributed by atoms with Gasteiger partial charge in [0.15, 0.2) is 6.10 Å². The molecule has 2 aromatic heterocycles. The van der Waals surface area contributed by atoms with Gasteiger partial charge in [0.1, 0.15) is 5.00 Å². The number of anilines is 1. The molecule has 0 spiro atoms. The summed E-state index contributed by atoms with van der Waals surface area (Å²) >= 11 is 1.29. The number of carbonyl (C=O) groups excluding carboxylic acids is 1. The molecule has 0 saturated carbocycles. The Morgan fingerprint density at radius 2 is 2.21 bits per heavy atom. The zero-order valence-corrected chi connectivity index (χ0v) is 15.0. The standard InChI is InChI=1S/C15H21N5O3S/c1-8(2)12-17-18-13(23-12)10-7-20(5-6-22-10)15(21)11-9(3)19-24-14(11)16-4/h8,10,16H,5-7H2,1-4H3/t10-/m0/s1. The van der Waals surface area contributed by atoms with E-state index < -0.39 is 6.10 Å². The van der Waals surface area contributed by atoms with Crippen LogP contribution < -0.4 is 5.32 Å². The smallest absolute Gasteiger partial charge is 0.258 e. The van der Waals surface area contributed by atoms with E-state index in [1.807, 2.05) is 20.8 Å². The molecule has 2 aromatic rings. The largest absolute Gasteiger partial charge is 0.422 e. The summed E-state index contributed by atoms with van der Waals surface area (Å²) in [6.07, 6.45) is -0.396. The summed E-state index contributed by atoms with van der Waals surface area (Å²) in [6, 6.07) is 0. The second-order valence-electron chi connectivity index (χ2n) is 5.97. The number of hydrogen-bond donors (Lipinski definition) is 1. The first-order valence-electron chi connectivity index (χ1n) is 7.89. The molecule has 1 saturated heterocycles. The molecule has 1 aliphatic heterocycles. The highest BCUT2D eigenvalue weighted by Gasteiger charge is 2.32. The van der Waals surface area contributed by atoms with Gasteiger partial charge in [-0.1, -0.05) is 13.8 Å². The summed E-state index contributed by atoms with van der Waals surface area (Å²) in [5.41, 5.74) is 1.36. The lowest BCUT2D eigenvalue weighted by Crippen LogP contribution is -2.42. The van der Waals surface area contributed by atoms with Gasteiger partial charge in [-0.15, -0.1) is 10.2 Å². The number of hydrogen-bond acceptors (Lipinski definition) is 8. The van der Waals surface area contributed by atoms with Crippen LogP contribution in [0.5, 0.6) is 0 Å². The molecule has 0 aromatic carbocycles. The quantitative estimate of drug-likeness (QED) is 0.902. The topological polar surface area (TPSA) is 93.4 Å². The Labute approximate surface area is 144 Å². The van der Waals surface area contributed by atoms with Crippen molar-refractivity contribution >= 4 is 22.4 Å². The average Bonchev–Trinajstić information content (AvgIpc) is 3.21. The molecule has 1 N–H and O–H groups in total. The van der Waals surface area contributed by atoms with Crippen LogP contribution >= 0.6 is 11.5 Å². The third kappa shape index (κ3) is 3.13. The first kappa shape index (κ1) is 16.8. The molecule has 24 heavy (non-hydrogen) atoms. The first-order valence-corrected chi connectivity index (χ1v) is 8.66. The zero-order chi connectivity index (χ0) is 17.3. The van der Waals surface area contributed by atoms with Gasteiger partial charge in [0.25, 0.3) is 5.91 Å². The van der Waals surface area contributed by atoms with Crippen molar-refractivity contribution in [1.82, 2.24) is 19.5 Å². The van der Waals surface area contributed by atoms with Gasteiger partial charge in [-0.05, 0) is 18.5 Å². The van der Waals surface area contributed by atoms with Crippen LogP contribution in [0, 0.1) is 6.92 Å². The van der Waals surface area contributed by atoms with E-state index in [2.05, 4.69) is 19.9 Å². The van der Waals surface area contributed by atoms with Crippen molar-refractivity contribution in [3.63, 3.8) is 0 Å². The average molecular weight is 351 g/mol. The Hall–Kier alpha value is -2.00. The van der Waals surface area contributed by atoms with Gasteiger partial charge in [-0.25, -0.2) is 0 Å². The van der Waals surface area contributed by atoms with Gasteiger partial charge < -0.3 is 19.4 Å². The molecule has 1 fully saturated rings. The van der Waals surface area contributed by atoms with E-state index >= 15 is 0 Å². The van der Waals surface area contributed by atoms with Crippen molar-refractivity contribution in [1.29, 1.82) is 0 Å². The van der Waals surface area contributed by atoms with Gasteiger partial charge in [-0.2, -0.15) is 4.37 Å². The molecule has 1 amide bonds. The van der Waals surface area contributed by atoms with Crippen LogP contribution in [-0.4, -0.2) is 52.1 Å². The Morgan fingerprint density at radius 3 is 2.88 bits per heavy atom. The van der Waals surface area contributed by atoms with Gasteiger partial charge in [-0.3, -0.25) is 4.79 Å². The van der Waals surface area contributed by atoms with Crippen LogP contribution in [-0.2, 0) is 4.74 Å². The summed E-state index contributed by atoms with van der Waals surface area (Å²) in [6.45, 7) is 7.16. The minimum Gasteiger partial charge on any atom is -0.422 e. The van der Waals surface area contributed by atoms with Gasteiger partial charge in [0.05, 0.1) is 24.4 Å². The maximum atomic E-state index is 12.9. The molecule has 130 valence electrons. The summed E-state index contributed by atoms with van der Waals surface area (Å²) in [5.74, 6) is 1.10. The summed E-state index contributed by atoms with van der Waals surface area (Å²) in [4.78, 5) is 14.6. The minimum absolute atomic E-state index is 0.0532. The minimum atomic E-state index is -0.396. The van der Waals surface area contributed by atoms with E-state index in [0.29, 0.717) is 37.0 Å². The maximum Gasteiger partial charge on any atom is 0.258 e. The highest BCUT2D eigenvalue weighted by Crippen LogP contribution is 2.28. The van der Waals surface area contributed by atoms with E-state index in [9.17, 15) is 4.79 Å². The van der Waals surface area contributed by atoms with Crippen LogP contribution in [0.25, 0.3) is 0 Å². The molecule has 1 atom stereocenters. The monoisotopic (exact) mass is 351 g/mol. The molecular formula is C15H21N5O3S. The zero-order valence-electron chi connectivity index (χ0n) is 14.2. The van der Waals surface area contributed by atoms with E-state index in [1.165, 1.54) is 11.5 Å². The molecule has 0 aliphatic carbocycles. The Morgan fingerprint density at radius 1 is 1.42 bits per heavy atom. The van der Waals surface area contributed by atoms with Crippen molar-refractivity contribution in [2.24, 2.45) is 0 Å². The van der Waals surface area contributed by atoms with Crippen LogP contribution in [0.3, 0.4) is 0 Å². The summed E-state index contributed by atoms with van der Waals surface area (Å²) < 4.78 is 15.6. The van der Waals surface area contributed by atoms with Crippen molar-refractivity contribution in [2.45, 2.75) is 32.8 Å². The number of aromatic nitrogens is 3. The molecule has 8 nitrogen and oxygen atoms in total. The van der Waals surface area contributed by atoms with E-state index in [1.54, 1.807) is 11.9 Å². The Bertz CT molecular complexity index is 727. The maximum absolute atomic E-state index is 12.9. The fraction of sp³-hybridized carbons (Fsp3) is 0.600.